The van der Waals surface area contributed by atoms with Gasteiger partial charge in [0.05, 0.1) is 4.90 Å². The molecule has 0 aliphatic rings. The van der Waals surface area contributed by atoms with Crippen molar-refractivity contribution in [2.24, 2.45) is 0 Å². The predicted molar refractivity (Wildman–Crippen MR) is 102 cm³/mol. The smallest absolute Gasteiger partial charge is 0.262 e. The topological polar surface area (TPSA) is 84.5 Å². The lowest BCUT2D eigenvalue weighted by molar-refractivity contribution is -0.118. The fourth-order valence-corrected chi connectivity index (χ4v) is 3.76. The molecule has 2 rings (SSSR count). The van der Waals surface area contributed by atoms with Crippen LogP contribution in [0.2, 0.25) is 5.02 Å². The summed E-state index contributed by atoms with van der Waals surface area (Å²) >= 11 is 5.87. The van der Waals surface area contributed by atoms with E-state index in [1.807, 2.05) is 0 Å². The van der Waals surface area contributed by atoms with E-state index in [2.05, 4.69) is 10.0 Å². The van der Waals surface area contributed by atoms with E-state index in [1.54, 1.807) is 45.0 Å². The number of aryl methyl sites for hydroxylation is 1. The minimum atomic E-state index is -3.57. The van der Waals surface area contributed by atoms with Crippen LogP contribution in [0.1, 0.15) is 19.4 Å². The summed E-state index contributed by atoms with van der Waals surface area (Å²) < 4.78 is 32.4. The lowest BCUT2D eigenvalue weighted by Crippen LogP contribution is -2.30. The largest absolute Gasteiger partial charge is 0.483 e. The molecule has 0 bridgehead atoms. The number of halogens is 1. The van der Waals surface area contributed by atoms with Crippen LogP contribution < -0.4 is 14.8 Å². The van der Waals surface area contributed by atoms with Crippen LogP contribution in [0.25, 0.3) is 0 Å². The molecule has 0 saturated heterocycles. The third kappa shape index (κ3) is 5.72. The minimum absolute atomic E-state index is 0.152. The number of amides is 1. The van der Waals surface area contributed by atoms with Crippen molar-refractivity contribution < 1.29 is 17.9 Å². The molecule has 0 saturated carbocycles. The summed E-state index contributed by atoms with van der Waals surface area (Å²) in [6.07, 6.45) is 0. The highest BCUT2D eigenvalue weighted by Gasteiger charge is 2.17. The summed E-state index contributed by atoms with van der Waals surface area (Å²) in [5.41, 5.74) is 1.19. The monoisotopic (exact) mass is 396 g/mol. The Morgan fingerprint density at radius 3 is 2.54 bits per heavy atom. The normalized spacial score (nSPS) is 11.4. The number of anilines is 1. The molecular formula is C18H21ClN2O4S. The molecule has 0 fully saturated rings. The molecule has 2 N–H and O–H groups in total. The van der Waals surface area contributed by atoms with E-state index in [1.165, 1.54) is 18.2 Å². The van der Waals surface area contributed by atoms with Gasteiger partial charge in [-0.1, -0.05) is 17.7 Å². The molecule has 2 aromatic carbocycles. The number of hydrogen-bond donors (Lipinski definition) is 2. The molecule has 8 heteroatoms. The minimum Gasteiger partial charge on any atom is -0.483 e. The van der Waals surface area contributed by atoms with Crippen molar-refractivity contribution in [3.63, 3.8) is 0 Å². The average Bonchev–Trinajstić information content (AvgIpc) is 2.52. The summed E-state index contributed by atoms with van der Waals surface area (Å²) in [6, 6.07) is 11.1. The van der Waals surface area contributed by atoms with Gasteiger partial charge in [-0.3, -0.25) is 4.79 Å². The van der Waals surface area contributed by atoms with Gasteiger partial charge in [-0.25, -0.2) is 13.1 Å². The van der Waals surface area contributed by atoms with Crippen LogP contribution in [0.5, 0.6) is 5.75 Å². The zero-order chi connectivity index (χ0) is 19.3. The van der Waals surface area contributed by atoms with Crippen molar-refractivity contribution in [2.75, 3.05) is 11.9 Å². The first-order chi connectivity index (χ1) is 12.2. The molecule has 0 heterocycles. The number of benzene rings is 2. The lowest BCUT2D eigenvalue weighted by Gasteiger charge is -2.13. The first kappa shape index (κ1) is 20.2. The second-order valence-electron chi connectivity index (χ2n) is 6.05. The van der Waals surface area contributed by atoms with E-state index >= 15 is 0 Å². The Morgan fingerprint density at radius 1 is 1.19 bits per heavy atom. The fraction of sp³-hybridized carbons (Fsp3) is 0.278. The lowest BCUT2D eigenvalue weighted by atomic mass is 10.2. The van der Waals surface area contributed by atoms with Gasteiger partial charge in [-0.2, -0.15) is 0 Å². The van der Waals surface area contributed by atoms with Gasteiger partial charge in [0.2, 0.25) is 10.0 Å². The first-order valence-corrected chi connectivity index (χ1v) is 9.84. The van der Waals surface area contributed by atoms with E-state index in [-0.39, 0.29) is 23.5 Å². The number of sulfonamides is 1. The number of nitrogens with one attached hydrogen (secondary N) is 2. The van der Waals surface area contributed by atoms with Crippen LogP contribution in [0, 0.1) is 6.92 Å². The molecule has 0 unspecified atom stereocenters. The molecular weight excluding hydrogens is 376 g/mol. The van der Waals surface area contributed by atoms with Crippen LogP contribution in [0.3, 0.4) is 0 Å². The van der Waals surface area contributed by atoms with E-state index in [9.17, 15) is 13.2 Å². The number of carbonyl (C=O) groups is 1. The van der Waals surface area contributed by atoms with Crippen LogP contribution in [0.4, 0.5) is 5.69 Å². The van der Waals surface area contributed by atoms with Gasteiger partial charge in [0, 0.05) is 16.8 Å². The van der Waals surface area contributed by atoms with Crippen LogP contribution in [-0.4, -0.2) is 27.0 Å². The van der Waals surface area contributed by atoms with Gasteiger partial charge < -0.3 is 10.1 Å². The Morgan fingerprint density at radius 2 is 1.92 bits per heavy atom. The number of rotatable bonds is 7. The molecule has 1 amide bonds. The molecule has 140 valence electrons. The zero-order valence-corrected chi connectivity index (χ0v) is 16.3. The number of hydrogen-bond acceptors (Lipinski definition) is 4. The quantitative estimate of drug-likeness (QED) is 0.751. The van der Waals surface area contributed by atoms with Crippen LogP contribution in [0.15, 0.2) is 47.4 Å². The van der Waals surface area contributed by atoms with Crippen LogP contribution in [-0.2, 0) is 14.8 Å². The van der Waals surface area contributed by atoms with E-state index in [4.69, 9.17) is 16.3 Å². The number of ether oxygens (including phenoxy) is 1. The summed E-state index contributed by atoms with van der Waals surface area (Å²) in [5.74, 6) is 0.0968. The Labute approximate surface area is 158 Å². The van der Waals surface area contributed by atoms with Gasteiger partial charge in [-0.15, -0.1) is 0 Å². The third-order valence-corrected chi connectivity index (χ3v) is 5.21. The van der Waals surface area contributed by atoms with Crippen molar-refractivity contribution >= 4 is 33.2 Å². The average molecular weight is 397 g/mol. The van der Waals surface area contributed by atoms with Crippen molar-refractivity contribution in [1.82, 2.24) is 4.72 Å². The van der Waals surface area contributed by atoms with E-state index in [0.717, 1.165) is 0 Å². The van der Waals surface area contributed by atoms with Crippen LogP contribution >= 0.6 is 11.6 Å². The molecule has 0 spiro atoms. The molecule has 2 aromatic rings. The predicted octanol–water partition coefficient (Wildman–Crippen LogP) is 3.35. The Kier molecular flexibility index (Phi) is 6.63. The van der Waals surface area contributed by atoms with Crippen molar-refractivity contribution in [2.45, 2.75) is 31.7 Å². The Balaban J connectivity index is 2.01. The third-order valence-electron chi connectivity index (χ3n) is 3.31. The van der Waals surface area contributed by atoms with Crippen molar-refractivity contribution in [1.29, 1.82) is 0 Å². The van der Waals surface area contributed by atoms with E-state index < -0.39 is 10.0 Å². The molecule has 0 aliphatic carbocycles. The molecule has 0 radical (unpaired) electrons. The molecule has 6 nitrogen and oxygen atoms in total. The molecule has 26 heavy (non-hydrogen) atoms. The summed E-state index contributed by atoms with van der Waals surface area (Å²) in [5, 5.41) is 3.20. The summed E-state index contributed by atoms with van der Waals surface area (Å²) in [6.45, 7) is 5.02. The highest BCUT2D eigenvalue weighted by Crippen LogP contribution is 2.22. The molecule has 0 aromatic heterocycles. The second-order valence-corrected chi connectivity index (χ2v) is 8.20. The first-order valence-electron chi connectivity index (χ1n) is 7.98. The Hall–Kier alpha value is -2.09. The summed E-state index contributed by atoms with van der Waals surface area (Å²) in [7, 11) is -3.57. The summed E-state index contributed by atoms with van der Waals surface area (Å²) in [4.78, 5) is 12.1. The van der Waals surface area contributed by atoms with Gasteiger partial charge in [0.1, 0.15) is 5.75 Å². The highest BCUT2D eigenvalue weighted by molar-refractivity contribution is 7.89. The van der Waals surface area contributed by atoms with Gasteiger partial charge >= 0.3 is 0 Å². The highest BCUT2D eigenvalue weighted by atomic mass is 35.5. The van der Waals surface area contributed by atoms with Crippen molar-refractivity contribution in [3.8, 4) is 5.75 Å². The standard InChI is InChI=1S/C18H21ClN2O4S/c1-12(2)21-26(23,24)16-7-8-17(13(3)9-16)25-11-18(22)20-15-6-4-5-14(19)10-15/h4-10,12,21H,11H2,1-3H3,(H,20,22). The van der Waals surface area contributed by atoms with Gasteiger partial charge in [-0.05, 0) is 62.7 Å². The SMILES string of the molecule is Cc1cc(S(=O)(=O)NC(C)C)ccc1OCC(=O)Nc1cccc(Cl)c1. The van der Waals surface area contributed by atoms with Gasteiger partial charge in [0.15, 0.2) is 6.61 Å². The maximum absolute atomic E-state index is 12.2. The maximum atomic E-state index is 12.2. The van der Waals surface area contributed by atoms with Gasteiger partial charge in [0.25, 0.3) is 5.91 Å². The molecule has 0 aliphatic heterocycles. The maximum Gasteiger partial charge on any atom is 0.262 e. The number of carbonyl (C=O) groups excluding carboxylic acids is 1. The zero-order valence-electron chi connectivity index (χ0n) is 14.7. The van der Waals surface area contributed by atoms with Crippen molar-refractivity contribution in [3.05, 3.63) is 53.1 Å². The van der Waals surface area contributed by atoms with E-state index in [0.29, 0.717) is 22.0 Å². The molecule has 0 atom stereocenters. The second kappa shape index (κ2) is 8.53. The fourth-order valence-electron chi connectivity index (χ4n) is 2.24. The Bertz CT molecular complexity index is 898.